The standard InChI is InChI=1S/C49H29N3O3/c1-3-13-30(14-4-1)49-50-47-43(55-49)28-27-42-46(47)36-26-25-32(29-44(36)54-42)51(38-21-12-24-41-45(38)35-18-8-10-23-40(35)53-41)39-22-11-19-34-33-17-7-9-20-37(33)52(48(34)39)31-15-5-2-6-16-31/h1-29H. The second kappa shape index (κ2) is 11.5. The van der Waals surface area contributed by atoms with Crippen molar-refractivity contribution in [1.82, 2.24) is 9.55 Å². The number of oxazole rings is 1. The zero-order valence-electron chi connectivity index (χ0n) is 29.3. The third-order valence-electron chi connectivity index (χ3n) is 10.8. The summed E-state index contributed by atoms with van der Waals surface area (Å²) in [5.74, 6) is 0.586. The molecule has 0 saturated heterocycles. The summed E-state index contributed by atoms with van der Waals surface area (Å²) in [4.78, 5) is 7.34. The summed E-state index contributed by atoms with van der Waals surface area (Å²) >= 11 is 0. The van der Waals surface area contributed by atoms with E-state index < -0.39 is 0 Å². The summed E-state index contributed by atoms with van der Waals surface area (Å²) in [6.45, 7) is 0. The van der Waals surface area contributed by atoms with Crippen LogP contribution in [0.15, 0.2) is 189 Å². The van der Waals surface area contributed by atoms with E-state index in [1.807, 2.05) is 60.7 Å². The molecule has 0 aliphatic rings. The van der Waals surface area contributed by atoms with Crippen molar-refractivity contribution in [3.8, 4) is 17.1 Å². The first-order chi connectivity index (χ1) is 27.3. The van der Waals surface area contributed by atoms with Crippen LogP contribution in [0.1, 0.15) is 0 Å². The zero-order chi connectivity index (χ0) is 36.0. The lowest BCUT2D eigenvalue weighted by atomic mass is 10.1. The highest BCUT2D eigenvalue weighted by Crippen LogP contribution is 2.48. The molecule has 4 aromatic heterocycles. The molecule has 0 radical (unpaired) electrons. The van der Waals surface area contributed by atoms with Crippen molar-refractivity contribution in [2.24, 2.45) is 0 Å². The van der Waals surface area contributed by atoms with E-state index in [2.05, 4.69) is 125 Å². The third-order valence-corrected chi connectivity index (χ3v) is 10.8. The molecule has 0 aliphatic carbocycles. The molecule has 12 aromatic rings. The van der Waals surface area contributed by atoms with Crippen LogP contribution < -0.4 is 4.90 Å². The van der Waals surface area contributed by atoms with Crippen molar-refractivity contribution >= 4 is 93.8 Å². The molecule has 0 unspecified atom stereocenters. The second-order valence-electron chi connectivity index (χ2n) is 13.9. The monoisotopic (exact) mass is 707 g/mol. The number of benzene rings is 8. The van der Waals surface area contributed by atoms with Gasteiger partial charge in [-0.2, -0.15) is 0 Å². The van der Waals surface area contributed by atoms with Gasteiger partial charge in [0.2, 0.25) is 5.89 Å². The Kier molecular flexibility index (Phi) is 6.24. The molecule has 0 N–H and O–H groups in total. The summed E-state index contributed by atoms with van der Waals surface area (Å²) in [5, 5.41) is 6.36. The minimum atomic E-state index is 0.586. The largest absolute Gasteiger partial charge is 0.456 e. The van der Waals surface area contributed by atoms with Gasteiger partial charge in [0.15, 0.2) is 5.58 Å². The number of hydrogen-bond acceptors (Lipinski definition) is 5. The van der Waals surface area contributed by atoms with Crippen molar-refractivity contribution in [3.63, 3.8) is 0 Å². The number of hydrogen-bond donors (Lipinski definition) is 0. The molecule has 0 bridgehead atoms. The molecule has 0 spiro atoms. The zero-order valence-corrected chi connectivity index (χ0v) is 29.3. The van der Waals surface area contributed by atoms with Gasteiger partial charge >= 0.3 is 0 Å². The fraction of sp³-hybridized carbons (Fsp3) is 0. The van der Waals surface area contributed by atoms with Crippen LogP contribution in [-0.2, 0) is 0 Å². The van der Waals surface area contributed by atoms with Crippen molar-refractivity contribution in [1.29, 1.82) is 0 Å². The van der Waals surface area contributed by atoms with E-state index >= 15 is 0 Å². The van der Waals surface area contributed by atoms with E-state index in [-0.39, 0.29) is 0 Å². The number of furan rings is 2. The smallest absolute Gasteiger partial charge is 0.227 e. The Morgan fingerprint density at radius 1 is 0.436 bits per heavy atom. The SMILES string of the molecule is c1ccc(-c2nc3c(ccc4oc5cc(N(c6cccc7oc8ccccc8c67)c6cccc7c8ccccc8n(-c8ccccc8)c67)ccc5c43)o2)cc1. The highest BCUT2D eigenvalue weighted by Gasteiger charge is 2.25. The second-order valence-corrected chi connectivity index (χ2v) is 13.9. The number of para-hydroxylation sites is 4. The molecule has 8 aromatic carbocycles. The highest BCUT2D eigenvalue weighted by atomic mass is 16.4. The molecule has 55 heavy (non-hydrogen) atoms. The molecular formula is C49H29N3O3. The van der Waals surface area contributed by atoms with Crippen LogP contribution in [0.3, 0.4) is 0 Å². The number of aromatic nitrogens is 2. The van der Waals surface area contributed by atoms with Crippen LogP contribution in [0.25, 0.3) is 93.9 Å². The van der Waals surface area contributed by atoms with Gasteiger partial charge in [0.05, 0.1) is 33.2 Å². The van der Waals surface area contributed by atoms with E-state index in [1.54, 1.807) is 0 Å². The average Bonchev–Trinajstić information content (AvgIpc) is 4.02. The summed E-state index contributed by atoms with van der Waals surface area (Å²) in [5.41, 5.74) is 11.9. The van der Waals surface area contributed by atoms with Crippen molar-refractivity contribution in [2.45, 2.75) is 0 Å². The van der Waals surface area contributed by atoms with E-state index in [0.29, 0.717) is 5.89 Å². The Balaban J connectivity index is 1.16. The summed E-state index contributed by atoms with van der Waals surface area (Å²) in [7, 11) is 0. The molecule has 6 heteroatoms. The van der Waals surface area contributed by atoms with Crippen LogP contribution in [-0.4, -0.2) is 9.55 Å². The third kappa shape index (κ3) is 4.39. The maximum Gasteiger partial charge on any atom is 0.227 e. The number of anilines is 3. The first-order valence-electron chi connectivity index (χ1n) is 18.4. The van der Waals surface area contributed by atoms with Gasteiger partial charge in [0, 0.05) is 44.5 Å². The summed E-state index contributed by atoms with van der Waals surface area (Å²) < 4.78 is 21.8. The molecule has 0 amide bonds. The first-order valence-corrected chi connectivity index (χ1v) is 18.4. The van der Waals surface area contributed by atoms with Gasteiger partial charge in [-0.25, -0.2) is 4.98 Å². The quantitative estimate of drug-likeness (QED) is 0.178. The summed E-state index contributed by atoms with van der Waals surface area (Å²) in [6, 6.07) is 60.8. The topological polar surface area (TPSA) is 60.5 Å². The minimum Gasteiger partial charge on any atom is -0.456 e. The fourth-order valence-electron chi connectivity index (χ4n) is 8.46. The van der Waals surface area contributed by atoms with Crippen LogP contribution >= 0.6 is 0 Å². The fourth-order valence-corrected chi connectivity index (χ4v) is 8.46. The van der Waals surface area contributed by atoms with Crippen LogP contribution in [0.5, 0.6) is 0 Å². The van der Waals surface area contributed by atoms with Gasteiger partial charge in [-0.3, -0.25) is 0 Å². The molecule has 12 rings (SSSR count). The minimum absolute atomic E-state index is 0.586. The Hall–Kier alpha value is -7.57. The van der Waals surface area contributed by atoms with Gasteiger partial charge in [-0.1, -0.05) is 91.0 Å². The molecule has 4 heterocycles. The molecular weight excluding hydrogens is 679 g/mol. The highest BCUT2D eigenvalue weighted by molar-refractivity contribution is 6.20. The van der Waals surface area contributed by atoms with Crippen molar-refractivity contribution < 1.29 is 13.3 Å². The first kappa shape index (κ1) is 29.9. The van der Waals surface area contributed by atoms with Gasteiger partial charge in [-0.05, 0) is 78.9 Å². The lowest BCUT2D eigenvalue weighted by Gasteiger charge is -2.27. The molecule has 258 valence electrons. The summed E-state index contributed by atoms with van der Waals surface area (Å²) in [6.07, 6.45) is 0. The Labute approximate surface area is 313 Å². The average molecular weight is 708 g/mol. The van der Waals surface area contributed by atoms with Crippen LogP contribution in [0.4, 0.5) is 17.1 Å². The Morgan fingerprint density at radius 3 is 1.98 bits per heavy atom. The molecule has 6 nitrogen and oxygen atoms in total. The van der Waals surface area contributed by atoms with Crippen LogP contribution in [0, 0.1) is 0 Å². The predicted molar refractivity (Wildman–Crippen MR) is 223 cm³/mol. The molecule has 0 aliphatic heterocycles. The molecule has 0 saturated carbocycles. The molecule has 0 fully saturated rings. The van der Waals surface area contributed by atoms with Gasteiger partial charge in [0.1, 0.15) is 27.8 Å². The van der Waals surface area contributed by atoms with Gasteiger partial charge < -0.3 is 22.7 Å². The molecule has 0 atom stereocenters. The lowest BCUT2D eigenvalue weighted by molar-refractivity contribution is 0.619. The maximum absolute atomic E-state index is 6.68. The predicted octanol–water partition coefficient (Wildman–Crippen LogP) is 13.9. The van der Waals surface area contributed by atoms with E-state index in [4.69, 9.17) is 18.2 Å². The van der Waals surface area contributed by atoms with Gasteiger partial charge in [-0.15, -0.1) is 0 Å². The van der Waals surface area contributed by atoms with Crippen molar-refractivity contribution in [2.75, 3.05) is 4.90 Å². The Bertz CT molecular complexity index is 3440. The van der Waals surface area contributed by atoms with E-state index in [0.717, 1.165) is 94.3 Å². The van der Waals surface area contributed by atoms with E-state index in [9.17, 15) is 0 Å². The lowest BCUT2D eigenvalue weighted by Crippen LogP contribution is -2.12. The maximum atomic E-state index is 6.68. The Morgan fingerprint density at radius 2 is 1.09 bits per heavy atom. The number of nitrogens with zero attached hydrogens (tertiary/aromatic N) is 3. The normalized spacial score (nSPS) is 12.0. The van der Waals surface area contributed by atoms with E-state index in [1.165, 1.54) is 10.8 Å². The number of fused-ring (bicyclic) bond motifs is 11. The van der Waals surface area contributed by atoms with Crippen molar-refractivity contribution in [3.05, 3.63) is 176 Å². The van der Waals surface area contributed by atoms with Gasteiger partial charge in [0.25, 0.3) is 0 Å². The van der Waals surface area contributed by atoms with Crippen LogP contribution in [0.2, 0.25) is 0 Å². The number of rotatable bonds is 5.